The Morgan fingerprint density at radius 1 is 1.17 bits per heavy atom. The molecule has 2 amide bonds. The Morgan fingerprint density at radius 3 is 2.37 bits per heavy atom. The number of carbonyl (C=O) groups is 2. The van der Waals surface area contributed by atoms with Gasteiger partial charge in [-0.05, 0) is 83.0 Å². The molecule has 7 heteroatoms. The molecule has 0 aromatic carbocycles. The molecule has 0 radical (unpaired) electrons. The Morgan fingerprint density at radius 2 is 1.83 bits per heavy atom. The maximum atomic E-state index is 13.9. The van der Waals surface area contributed by atoms with Crippen molar-refractivity contribution in [3.8, 4) is 0 Å². The fourth-order valence-electron chi connectivity index (χ4n) is 6.82. The van der Waals surface area contributed by atoms with Gasteiger partial charge in [-0.15, -0.1) is 11.3 Å². The zero-order valence-electron chi connectivity index (χ0n) is 18.1. The summed E-state index contributed by atoms with van der Waals surface area (Å²) in [6, 6.07) is 0. The topological polar surface area (TPSA) is 71.5 Å². The molecule has 1 aromatic heterocycles. The first-order valence-corrected chi connectivity index (χ1v) is 12.4. The predicted octanol–water partition coefficient (Wildman–Crippen LogP) is 3.92. The average molecular weight is 432 g/mol. The third kappa shape index (κ3) is 3.91. The van der Waals surface area contributed by atoms with Gasteiger partial charge in [0.25, 0.3) is 0 Å². The van der Waals surface area contributed by atoms with Gasteiger partial charge in [-0.3, -0.25) is 9.59 Å². The van der Waals surface area contributed by atoms with Gasteiger partial charge in [0.15, 0.2) is 5.13 Å². The number of thiazole rings is 1. The third-order valence-electron chi connectivity index (χ3n) is 7.84. The molecule has 4 bridgehead atoms. The lowest BCUT2D eigenvalue weighted by Gasteiger charge is -2.56. The van der Waals surface area contributed by atoms with E-state index in [1.54, 1.807) is 0 Å². The average Bonchev–Trinajstić information content (AvgIpc) is 3.29. The van der Waals surface area contributed by atoms with Crippen molar-refractivity contribution >= 4 is 28.3 Å². The summed E-state index contributed by atoms with van der Waals surface area (Å²) in [4.78, 5) is 34.1. The first-order valence-electron chi connectivity index (χ1n) is 11.5. The minimum atomic E-state index is -0.234. The lowest BCUT2D eigenvalue weighted by molar-refractivity contribution is -0.160. The Hall–Kier alpha value is -1.47. The highest BCUT2D eigenvalue weighted by atomic mass is 32.1. The molecular formula is C23H33N3O3S. The van der Waals surface area contributed by atoms with Crippen LogP contribution in [0.15, 0.2) is 0 Å². The summed E-state index contributed by atoms with van der Waals surface area (Å²) in [5, 5.41) is 3.54. The van der Waals surface area contributed by atoms with Crippen LogP contribution in [0.3, 0.4) is 0 Å². The summed E-state index contributed by atoms with van der Waals surface area (Å²) in [5.41, 5.74) is 0.707. The summed E-state index contributed by atoms with van der Waals surface area (Å²) in [7, 11) is 0. The van der Waals surface area contributed by atoms with Crippen molar-refractivity contribution in [2.24, 2.45) is 23.2 Å². The lowest BCUT2D eigenvalue weighted by atomic mass is 9.49. The molecule has 2 heterocycles. The number of nitrogens with zero attached hydrogens (tertiary/aromatic N) is 2. The summed E-state index contributed by atoms with van der Waals surface area (Å²) >= 11 is 1.49. The van der Waals surface area contributed by atoms with E-state index in [4.69, 9.17) is 4.74 Å². The van der Waals surface area contributed by atoms with Crippen molar-refractivity contribution < 1.29 is 14.3 Å². The summed E-state index contributed by atoms with van der Waals surface area (Å²) in [6.45, 7) is 5.33. The monoisotopic (exact) mass is 431 g/mol. The highest BCUT2D eigenvalue weighted by Gasteiger charge is 2.55. The summed E-state index contributed by atoms with van der Waals surface area (Å²) < 4.78 is 5.84. The van der Waals surface area contributed by atoms with E-state index in [-0.39, 0.29) is 29.9 Å². The molecule has 30 heavy (non-hydrogen) atoms. The van der Waals surface area contributed by atoms with Crippen LogP contribution in [0.25, 0.3) is 0 Å². The molecule has 4 aliphatic carbocycles. The number of aryl methyl sites for hydroxylation is 2. The van der Waals surface area contributed by atoms with Gasteiger partial charge in [-0.1, -0.05) is 0 Å². The van der Waals surface area contributed by atoms with E-state index in [2.05, 4.69) is 10.3 Å². The first-order chi connectivity index (χ1) is 14.4. The summed E-state index contributed by atoms with van der Waals surface area (Å²) in [6.07, 6.45) is 9.04. The molecular weight excluding hydrogens is 398 g/mol. The Bertz CT molecular complexity index is 775. The van der Waals surface area contributed by atoms with E-state index in [9.17, 15) is 9.59 Å². The zero-order valence-corrected chi connectivity index (χ0v) is 18.9. The number of rotatable bonds is 6. The molecule has 1 unspecified atom stereocenters. The lowest BCUT2D eigenvalue weighted by Crippen LogP contribution is -2.56. The van der Waals surface area contributed by atoms with Gasteiger partial charge in [0.2, 0.25) is 11.8 Å². The van der Waals surface area contributed by atoms with Crippen LogP contribution in [0.5, 0.6) is 0 Å². The molecule has 4 saturated carbocycles. The largest absolute Gasteiger partial charge is 0.376 e. The van der Waals surface area contributed by atoms with Crippen molar-refractivity contribution in [3.05, 3.63) is 10.6 Å². The van der Waals surface area contributed by atoms with E-state index >= 15 is 0 Å². The Labute approximate surface area is 182 Å². The van der Waals surface area contributed by atoms with Crippen LogP contribution in [0.4, 0.5) is 5.13 Å². The van der Waals surface area contributed by atoms with Crippen molar-refractivity contribution in [2.45, 2.75) is 71.3 Å². The number of hydrogen-bond acceptors (Lipinski definition) is 5. The molecule has 1 aromatic rings. The summed E-state index contributed by atoms with van der Waals surface area (Å²) in [5.74, 6) is 2.18. The molecule has 1 atom stereocenters. The SMILES string of the molecule is Cc1nc(NC(=O)CN(CC2CCCO2)C(=O)C23CC4CC(CC(C4)C2)C3)sc1C. The quantitative estimate of drug-likeness (QED) is 0.741. The van der Waals surface area contributed by atoms with Crippen LogP contribution in [0.1, 0.15) is 61.9 Å². The van der Waals surface area contributed by atoms with Gasteiger partial charge in [0, 0.05) is 18.0 Å². The van der Waals surface area contributed by atoms with Crippen molar-refractivity contribution in [1.82, 2.24) is 9.88 Å². The minimum absolute atomic E-state index is 0.0556. The number of hydrogen-bond donors (Lipinski definition) is 1. The van der Waals surface area contributed by atoms with E-state index in [0.717, 1.165) is 49.3 Å². The second kappa shape index (κ2) is 7.90. The van der Waals surface area contributed by atoms with E-state index < -0.39 is 0 Å². The standard InChI is InChI=1S/C23H33N3O3S/c1-14-15(2)30-22(24-14)25-20(27)13-26(12-19-4-3-5-29-19)21(28)23-9-16-6-17(10-23)8-18(7-16)11-23/h16-19H,3-13H2,1-2H3,(H,24,25,27). The van der Waals surface area contributed by atoms with Crippen molar-refractivity contribution in [1.29, 1.82) is 0 Å². The fourth-order valence-corrected chi connectivity index (χ4v) is 7.65. The first kappa shape index (κ1) is 20.4. The van der Waals surface area contributed by atoms with Crippen LogP contribution >= 0.6 is 11.3 Å². The van der Waals surface area contributed by atoms with Crippen LogP contribution in [-0.4, -0.2) is 47.5 Å². The second-order valence-electron chi connectivity index (χ2n) is 10.2. The molecule has 1 saturated heterocycles. The van der Waals surface area contributed by atoms with Crippen LogP contribution in [0.2, 0.25) is 0 Å². The van der Waals surface area contributed by atoms with Crippen molar-refractivity contribution in [3.63, 3.8) is 0 Å². The molecule has 1 N–H and O–H groups in total. The van der Waals surface area contributed by atoms with Crippen LogP contribution in [-0.2, 0) is 14.3 Å². The van der Waals surface area contributed by atoms with Gasteiger partial charge in [-0.25, -0.2) is 4.98 Å². The van der Waals surface area contributed by atoms with Gasteiger partial charge in [-0.2, -0.15) is 0 Å². The van der Waals surface area contributed by atoms with Gasteiger partial charge in [0.05, 0.1) is 17.2 Å². The number of aromatic nitrogens is 1. The van der Waals surface area contributed by atoms with Crippen LogP contribution < -0.4 is 5.32 Å². The zero-order chi connectivity index (χ0) is 20.9. The highest BCUT2D eigenvalue weighted by Crippen LogP contribution is 2.60. The molecule has 0 spiro atoms. The van der Waals surface area contributed by atoms with Gasteiger partial charge >= 0.3 is 0 Å². The molecule has 164 valence electrons. The number of anilines is 1. The Balaban J connectivity index is 1.32. The smallest absolute Gasteiger partial charge is 0.245 e. The second-order valence-corrected chi connectivity index (χ2v) is 11.4. The molecule has 6 nitrogen and oxygen atoms in total. The molecule has 5 fully saturated rings. The molecule has 6 rings (SSSR count). The normalized spacial score (nSPS) is 34.3. The Kier molecular flexibility index (Phi) is 5.38. The number of nitrogens with one attached hydrogen (secondary N) is 1. The van der Waals surface area contributed by atoms with E-state index in [1.807, 2.05) is 18.7 Å². The number of carbonyl (C=O) groups excluding carboxylic acids is 2. The maximum absolute atomic E-state index is 13.9. The maximum Gasteiger partial charge on any atom is 0.245 e. The molecule has 1 aliphatic heterocycles. The number of amides is 2. The van der Waals surface area contributed by atoms with Gasteiger partial charge < -0.3 is 15.0 Å². The van der Waals surface area contributed by atoms with Gasteiger partial charge in [0.1, 0.15) is 6.54 Å². The van der Waals surface area contributed by atoms with Crippen molar-refractivity contribution in [2.75, 3.05) is 25.0 Å². The minimum Gasteiger partial charge on any atom is -0.376 e. The fraction of sp³-hybridized carbons (Fsp3) is 0.783. The van der Waals surface area contributed by atoms with E-state index in [1.165, 1.54) is 30.6 Å². The number of ether oxygens (including phenoxy) is 1. The van der Waals surface area contributed by atoms with Crippen LogP contribution in [0, 0.1) is 37.0 Å². The van der Waals surface area contributed by atoms with E-state index in [0.29, 0.717) is 29.4 Å². The molecule has 5 aliphatic rings. The predicted molar refractivity (Wildman–Crippen MR) is 116 cm³/mol. The third-order valence-corrected chi connectivity index (χ3v) is 8.82. The highest BCUT2D eigenvalue weighted by molar-refractivity contribution is 7.15.